The van der Waals surface area contributed by atoms with Gasteiger partial charge in [0.15, 0.2) is 0 Å². The van der Waals surface area contributed by atoms with Crippen LogP contribution < -0.4 is 0 Å². The minimum Gasteiger partial charge on any atom is -0.473 e. The van der Waals surface area contributed by atoms with Crippen LogP contribution in [0.4, 0.5) is 0 Å². The fraction of sp³-hybridized carbons (Fsp3) is 0.333. The van der Waals surface area contributed by atoms with Crippen LogP contribution in [0.15, 0.2) is 12.1 Å². The van der Waals surface area contributed by atoms with Crippen LogP contribution in [0.5, 0.6) is 0 Å². The molecule has 0 atom stereocenters. The van der Waals surface area contributed by atoms with Gasteiger partial charge in [-0.3, -0.25) is 0 Å². The van der Waals surface area contributed by atoms with Crippen molar-refractivity contribution in [1.29, 1.82) is 0 Å². The number of carbonyl (C=O) groups is 2. The molecule has 0 saturated heterocycles. The number of ether oxygens (including phenoxy) is 1. The van der Waals surface area contributed by atoms with Gasteiger partial charge in [-0.05, 0) is 43.0 Å². The van der Waals surface area contributed by atoms with Gasteiger partial charge in [-0.25, -0.2) is 9.59 Å². The van der Waals surface area contributed by atoms with Gasteiger partial charge >= 0.3 is 11.9 Å². The van der Waals surface area contributed by atoms with E-state index in [4.69, 9.17) is 5.11 Å². The lowest BCUT2D eigenvalue weighted by Crippen LogP contribution is -2.16. The van der Waals surface area contributed by atoms with Crippen molar-refractivity contribution in [1.82, 2.24) is 0 Å². The number of aliphatic carboxylic acids is 1. The number of benzene rings is 1. The zero-order chi connectivity index (χ0) is 12.3. The number of aryl methyl sites for hydroxylation is 1. The van der Waals surface area contributed by atoms with Crippen LogP contribution in [0.25, 0.3) is 0 Å². The zero-order valence-corrected chi connectivity index (χ0v) is 9.53. The summed E-state index contributed by atoms with van der Waals surface area (Å²) in [6.07, 6.45) is 0. The molecule has 4 heteroatoms. The highest BCUT2D eigenvalue weighted by molar-refractivity contribution is 6.28. The number of hydrogen-bond donors (Lipinski definition) is 1. The second kappa shape index (κ2) is 4.79. The molecule has 0 heterocycles. The lowest BCUT2D eigenvalue weighted by Gasteiger charge is -2.10. The number of rotatable bonds is 2. The van der Waals surface area contributed by atoms with Crippen molar-refractivity contribution in [3.8, 4) is 0 Å². The lowest BCUT2D eigenvalue weighted by atomic mass is 9.99. The van der Waals surface area contributed by atoms with E-state index in [2.05, 4.69) is 4.74 Å². The van der Waals surface area contributed by atoms with E-state index in [1.807, 2.05) is 32.9 Å². The van der Waals surface area contributed by atoms with Crippen molar-refractivity contribution in [2.45, 2.75) is 27.4 Å². The quantitative estimate of drug-likeness (QED) is 0.611. The number of esters is 1. The molecule has 0 fully saturated rings. The van der Waals surface area contributed by atoms with Crippen LogP contribution in [-0.2, 0) is 20.9 Å². The van der Waals surface area contributed by atoms with E-state index in [0.717, 1.165) is 22.3 Å². The number of carboxylic acid groups (broad SMARTS) is 1. The van der Waals surface area contributed by atoms with Gasteiger partial charge in [0.2, 0.25) is 0 Å². The van der Waals surface area contributed by atoms with Gasteiger partial charge in [-0.2, -0.15) is 0 Å². The van der Waals surface area contributed by atoms with Crippen LogP contribution in [0.3, 0.4) is 0 Å². The molecule has 0 saturated carbocycles. The van der Waals surface area contributed by atoms with Crippen molar-refractivity contribution in [3.05, 3.63) is 34.4 Å². The summed E-state index contributed by atoms with van der Waals surface area (Å²) in [5.74, 6) is -2.79. The largest absolute Gasteiger partial charge is 0.473 e. The molecule has 1 aromatic rings. The fourth-order valence-electron chi connectivity index (χ4n) is 1.37. The molecule has 4 nitrogen and oxygen atoms in total. The summed E-state index contributed by atoms with van der Waals surface area (Å²) in [7, 11) is 0. The summed E-state index contributed by atoms with van der Waals surface area (Å²) in [5, 5.41) is 8.35. The summed E-state index contributed by atoms with van der Waals surface area (Å²) in [6.45, 7) is 5.90. The Kier molecular flexibility index (Phi) is 3.66. The van der Waals surface area contributed by atoms with Gasteiger partial charge in [0, 0.05) is 0 Å². The molecular formula is C12H14O4. The molecule has 0 aliphatic rings. The van der Waals surface area contributed by atoms with Gasteiger partial charge in [0.05, 0.1) is 0 Å². The molecule has 0 bridgehead atoms. The molecule has 16 heavy (non-hydrogen) atoms. The predicted molar refractivity (Wildman–Crippen MR) is 58.1 cm³/mol. The molecule has 0 radical (unpaired) electrons. The van der Waals surface area contributed by atoms with Crippen LogP contribution in [0, 0.1) is 20.8 Å². The SMILES string of the molecule is Cc1ccc(COC(=O)C(=O)O)c(C)c1C. The number of hydrogen-bond acceptors (Lipinski definition) is 3. The first kappa shape index (κ1) is 12.2. The molecule has 1 aromatic carbocycles. The minimum atomic E-state index is -1.57. The molecule has 1 rings (SSSR count). The van der Waals surface area contributed by atoms with Crippen molar-refractivity contribution < 1.29 is 19.4 Å². The molecule has 1 N–H and O–H groups in total. The average molecular weight is 222 g/mol. The molecule has 0 aliphatic carbocycles. The Morgan fingerprint density at radius 1 is 1.19 bits per heavy atom. The van der Waals surface area contributed by atoms with E-state index in [1.54, 1.807) is 0 Å². The zero-order valence-electron chi connectivity index (χ0n) is 9.53. The first-order chi connectivity index (χ1) is 7.43. The smallest absolute Gasteiger partial charge is 0.417 e. The maximum absolute atomic E-state index is 10.8. The van der Waals surface area contributed by atoms with Gasteiger partial charge in [-0.15, -0.1) is 0 Å². The fourth-order valence-corrected chi connectivity index (χ4v) is 1.37. The summed E-state index contributed by atoms with van der Waals surface area (Å²) in [4.78, 5) is 21.0. The molecule has 0 unspecified atom stereocenters. The summed E-state index contributed by atoms with van der Waals surface area (Å²) in [6, 6.07) is 3.76. The Morgan fingerprint density at radius 2 is 1.81 bits per heavy atom. The second-order valence-corrected chi connectivity index (χ2v) is 3.67. The van der Waals surface area contributed by atoms with Crippen molar-refractivity contribution in [2.75, 3.05) is 0 Å². The first-order valence-electron chi connectivity index (χ1n) is 4.89. The molecule has 0 aromatic heterocycles. The highest BCUT2D eigenvalue weighted by Gasteiger charge is 2.13. The van der Waals surface area contributed by atoms with Crippen LogP contribution in [0.2, 0.25) is 0 Å². The maximum atomic E-state index is 10.8. The molecule has 0 spiro atoms. The Hall–Kier alpha value is -1.84. The van der Waals surface area contributed by atoms with Crippen LogP contribution in [-0.4, -0.2) is 17.0 Å². The molecule has 86 valence electrons. The Balaban J connectivity index is 2.79. The van der Waals surface area contributed by atoms with Gasteiger partial charge in [-0.1, -0.05) is 12.1 Å². The monoisotopic (exact) mass is 222 g/mol. The van der Waals surface area contributed by atoms with E-state index in [-0.39, 0.29) is 6.61 Å². The van der Waals surface area contributed by atoms with Crippen molar-refractivity contribution >= 4 is 11.9 Å². The third-order valence-electron chi connectivity index (χ3n) is 2.70. The predicted octanol–water partition coefficient (Wildman–Crippen LogP) is 1.74. The van der Waals surface area contributed by atoms with Crippen molar-refractivity contribution in [2.24, 2.45) is 0 Å². The third-order valence-corrected chi connectivity index (χ3v) is 2.70. The highest BCUT2D eigenvalue weighted by Crippen LogP contribution is 2.17. The standard InChI is InChI=1S/C12H14O4/c1-7-4-5-10(9(3)8(7)2)6-16-12(15)11(13)14/h4-5H,6H2,1-3H3,(H,13,14). The molecule has 0 aliphatic heterocycles. The third kappa shape index (κ3) is 2.59. The topological polar surface area (TPSA) is 63.6 Å². The first-order valence-corrected chi connectivity index (χ1v) is 4.89. The summed E-state index contributed by atoms with van der Waals surface area (Å²) < 4.78 is 4.63. The highest BCUT2D eigenvalue weighted by atomic mass is 16.6. The lowest BCUT2D eigenvalue weighted by molar-refractivity contribution is -0.164. The Morgan fingerprint density at radius 3 is 2.38 bits per heavy atom. The van der Waals surface area contributed by atoms with Gasteiger partial charge in [0.25, 0.3) is 0 Å². The number of carbonyl (C=O) groups excluding carboxylic acids is 1. The minimum absolute atomic E-state index is 0.00190. The maximum Gasteiger partial charge on any atom is 0.417 e. The summed E-state index contributed by atoms with van der Waals surface area (Å²) in [5.41, 5.74) is 4.14. The number of carboxylic acids is 1. The van der Waals surface area contributed by atoms with Crippen molar-refractivity contribution in [3.63, 3.8) is 0 Å². The van der Waals surface area contributed by atoms with Crippen LogP contribution >= 0.6 is 0 Å². The summed E-state index contributed by atoms with van der Waals surface area (Å²) >= 11 is 0. The van der Waals surface area contributed by atoms with Gasteiger partial charge < -0.3 is 9.84 Å². The molecule has 0 amide bonds. The average Bonchev–Trinajstić information content (AvgIpc) is 2.24. The van der Waals surface area contributed by atoms with E-state index < -0.39 is 11.9 Å². The van der Waals surface area contributed by atoms with Crippen LogP contribution in [0.1, 0.15) is 22.3 Å². The Labute approximate surface area is 93.9 Å². The van der Waals surface area contributed by atoms with E-state index in [0.29, 0.717) is 0 Å². The van der Waals surface area contributed by atoms with E-state index >= 15 is 0 Å². The van der Waals surface area contributed by atoms with E-state index in [9.17, 15) is 9.59 Å². The molecular weight excluding hydrogens is 208 g/mol. The second-order valence-electron chi connectivity index (χ2n) is 3.67. The normalized spacial score (nSPS) is 9.94. The van der Waals surface area contributed by atoms with E-state index in [1.165, 1.54) is 0 Å². The van der Waals surface area contributed by atoms with Gasteiger partial charge in [0.1, 0.15) is 6.61 Å². The Bertz CT molecular complexity index is 435.